The van der Waals surface area contributed by atoms with Gasteiger partial charge < -0.3 is 0 Å². The molecule has 2 nitrogen and oxygen atoms in total. The standard InChI is InChI=1S/C8H4Cl3FO2S/c9-6-1-2-7(12)8(10)5(6)3-4-15(11,13)14/h1-4H/b4-3+. The summed E-state index contributed by atoms with van der Waals surface area (Å²) in [4.78, 5) is 0. The zero-order valence-corrected chi connectivity index (χ0v) is 10.1. The van der Waals surface area contributed by atoms with Gasteiger partial charge in [-0.15, -0.1) is 0 Å². The molecule has 0 amide bonds. The van der Waals surface area contributed by atoms with Crippen molar-refractivity contribution in [1.29, 1.82) is 0 Å². The van der Waals surface area contributed by atoms with Crippen LogP contribution >= 0.6 is 33.9 Å². The summed E-state index contributed by atoms with van der Waals surface area (Å²) in [6.45, 7) is 0. The van der Waals surface area contributed by atoms with E-state index in [-0.39, 0.29) is 15.6 Å². The van der Waals surface area contributed by atoms with Crippen LogP contribution in [0.5, 0.6) is 0 Å². The molecule has 0 saturated carbocycles. The molecule has 0 spiro atoms. The monoisotopic (exact) mass is 288 g/mol. The summed E-state index contributed by atoms with van der Waals surface area (Å²) in [6.07, 6.45) is 1.04. The first-order valence-corrected chi connectivity index (χ1v) is 6.70. The highest BCUT2D eigenvalue weighted by Gasteiger charge is 2.09. The summed E-state index contributed by atoms with van der Waals surface area (Å²) in [5.41, 5.74) is 0.0718. The smallest absolute Gasteiger partial charge is 0.208 e. The fraction of sp³-hybridized carbons (Fsp3) is 0. The van der Waals surface area contributed by atoms with Gasteiger partial charge in [0.15, 0.2) is 0 Å². The van der Waals surface area contributed by atoms with Crippen LogP contribution in [-0.4, -0.2) is 8.42 Å². The van der Waals surface area contributed by atoms with Crippen molar-refractivity contribution in [1.82, 2.24) is 0 Å². The molecule has 1 aromatic carbocycles. The van der Waals surface area contributed by atoms with Gasteiger partial charge in [-0.1, -0.05) is 23.2 Å². The van der Waals surface area contributed by atoms with Gasteiger partial charge in [-0.25, -0.2) is 12.8 Å². The normalized spacial score (nSPS) is 12.3. The largest absolute Gasteiger partial charge is 0.254 e. The second-order valence-corrected chi connectivity index (χ2v) is 5.83. The molecule has 0 atom stereocenters. The first-order valence-electron chi connectivity index (χ1n) is 3.57. The Morgan fingerprint density at radius 1 is 1.27 bits per heavy atom. The van der Waals surface area contributed by atoms with Crippen molar-refractivity contribution >= 4 is 49.0 Å². The van der Waals surface area contributed by atoms with E-state index in [1.54, 1.807) is 0 Å². The third kappa shape index (κ3) is 3.65. The molecule has 15 heavy (non-hydrogen) atoms. The highest BCUT2D eigenvalue weighted by molar-refractivity contribution is 8.16. The molecule has 0 radical (unpaired) electrons. The lowest BCUT2D eigenvalue weighted by atomic mass is 10.2. The summed E-state index contributed by atoms with van der Waals surface area (Å²) in [6, 6.07) is 2.35. The van der Waals surface area contributed by atoms with E-state index >= 15 is 0 Å². The fourth-order valence-electron chi connectivity index (χ4n) is 0.845. The second-order valence-electron chi connectivity index (χ2n) is 2.54. The highest BCUT2D eigenvalue weighted by atomic mass is 35.7. The van der Waals surface area contributed by atoms with Crippen LogP contribution in [0.3, 0.4) is 0 Å². The zero-order chi connectivity index (χ0) is 11.6. The summed E-state index contributed by atoms with van der Waals surface area (Å²) in [5.74, 6) is -0.687. The molecule has 0 aliphatic rings. The Bertz CT molecular complexity index is 511. The Balaban J connectivity index is 3.27. The van der Waals surface area contributed by atoms with Gasteiger partial charge in [0.25, 0.3) is 9.05 Å². The Kier molecular flexibility index (Phi) is 4.00. The van der Waals surface area contributed by atoms with Gasteiger partial charge in [-0.2, -0.15) is 0 Å². The van der Waals surface area contributed by atoms with E-state index in [0.717, 1.165) is 12.1 Å². The van der Waals surface area contributed by atoms with Crippen LogP contribution in [0, 0.1) is 5.82 Å². The van der Waals surface area contributed by atoms with Crippen molar-refractivity contribution in [3.05, 3.63) is 39.0 Å². The van der Waals surface area contributed by atoms with Crippen molar-refractivity contribution in [3.8, 4) is 0 Å². The number of halogens is 4. The first-order chi connectivity index (χ1) is 6.81. The highest BCUT2D eigenvalue weighted by Crippen LogP contribution is 2.28. The number of hydrogen-bond donors (Lipinski definition) is 0. The predicted octanol–water partition coefficient (Wildman–Crippen LogP) is 3.67. The molecule has 0 bridgehead atoms. The third-order valence-electron chi connectivity index (χ3n) is 1.48. The SMILES string of the molecule is O=S(=O)(Cl)/C=C/c1c(Cl)ccc(F)c1Cl. The lowest BCUT2D eigenvalue weighted by Gasteiger charge is -2.01. The molecule has 0 unspecified atom stereocenters. The van der Waals surface area contributed by atoms with Crippen LogP contribution in [0.1, 0.15) is 5.56 Å². The molecule has 0 aromatic heterocycles. The summed E-state index contributed by atoms with van der Waals surface area (Å²) in [7, 11) is 1.12. The van der Waals surface area contributed by atoms with Gasteiger partial charge in [0.1, 0.15) is 5.82 Å². The Labute approximate surface area is 101 Å². The maximum absolute atomic E-state index is 13.0. The van der Waals surface area contributed by atoms with E-state index in [4.69, 9.17) is 33.9 Å². The molecular weight excluding hydrogens is 286 g/mol. The van der Waals surface area contributed by atoms with E-state index in [1.165, 1.54) is 6.07 Å². The number of rotatable bonds is 2. The Morgan fingerprint density at radius 3 is 2.40 bits per heavy atom. The average molecular weight is 290 g/mol. The van der Waals surface area contributed by atoms with E-state index in [9.17, 15) is 12.8 Å². The predicted molar refractivity (Wildman–Crippen MR) is 60.2 cm³/mol. The van der Waals surface area contributed by atoms with E-state index in [2.05, 4.69) is 0 Å². The molecule has 82 valence electrons. The van der Waals surface area contributed by atoms with Gasteiger partial charge in [-0.3, -0.25) is 0 Å². The molecule has 7 heteroatoms. The van der Waals surface area contributed by atoms with E-state index in [1.807, 2.05) is 0 Å². The minimum atomic E-state index is -3.82. The molecule has 0 heterocycles. The topological polar surface area (TPSA) is 34.1 Å². The lowest BCUT2D eigenvalue weighted by molar-refractivity contribution is 0.617. The van der Waals surface area contributed by atoms with Crippen molar-refractivity contribution in [2.45, 2.75) is 0 Å². The van der Waals surface area contributed by atoms with Crippen molar-refractivity contribution in [2.24, 2.45) is 0 Å². The maximum atomic E-state index is 13.0. The second kappa shape index (κ2) is 4.70. The third-order valence-corrected chi connectivity index (χ3v) is 2.96. The number of benzene rings is 1. The molecule has 0 N–H and O–H groups in total. The molecule has 0 fully saturated rings. The molecule has 0 aliphatic carbocycles. The first kappa shape index (κ1) is 12.8. The van der Waals surface area contributed by atoms with E-state index < -0.39 is 14.9 Å². The van der Waals surface area contributed by atoms with Crippen LogP contribution in [-0.2, 0) is 9.05 Å². The fourth-order valence-corrected chi connectivity index (χ4v) is 1.79. The summed E-state index contributed by atoms with van der Waals surface area (Å²) in [5, 5.41) is 0.568. The van der Waals surface area contributed by atoms with Gasteiger partial charge in [0.05, 0.1) is 5.02 Å². The van der Waals surface area contributed by atoms with Crippen LogP contribution in [0.4, 0.5) is 4.39 Å². The lowest BCUT2D eigenvalue weighted by Crippen LogP contribution is -1.85. The van der Waals surface area contributed by atoms with Crippen LogP contribution in [0.2, 0.25) is 10.0 Å². The van der Waals surface area contributed by atoms with Crippen LogP contribution < -0.4 is 0 Å². The van der Waals surface area contributed by atoms with E-state index in [0.29, 0.717) is 5.41 Å². The molecule has 0 saturated heterocycles. The molecule has 1 rings (SSSR count). The Hall–Kier alpha value is -0.290. The summed E-state index contributed by atoms with van der Waals surface area (Å²) >= 11 is 11.3. The van der Waals surface area contributed by atoms with Crippen molar-refractivity contribution in [2.75, 3.05) is 0 Å². The minimum absolute atomic E-state index is 0.0718. The van der Waals surface area contributed by atoms with Crippen molar-refractivity contribution < 1.29 is 12.8 Å². The van der Waals surface area contributed by atoms with Crippen LogP contribution in [0.25, 0.3) is 6.08 Å². The van der Waals surface area contributed by atoms with Crippen molar-refractivity contribution in [3.63, 3.8) is 0 Å². The van der Waals surface area contributed by atoms with Gasteiger partial charge in [0.2, 0.25) is 0 Å². The van der Waals surface area contributed by atoms with Gasteiger partial charge in [0, 0.05) is 26.7 Å². The maximum Gasteiger partial charge on any atom is 0.254 e. The summed E-state index contributed by atoms with van der Waals surface area (Å²) < 4.78 is 34.2. The molecular formula is C8H4Cl3FO2S. The van der Waals surface area contributed by atoms with Crippen LogP contribution in [0.15, 0.2) is 17.5 Å². The molecule has 1 aromatic rings. The molecule has 0 aliphatic heterocycles. The number of hydrogen-bond acceptors (Lipinski definition) is 2. The Morgan fingerprint density at radius 2 is 1.87 bits per heavy atom. The quantitative estimate of drug-likeness (QED) is 0.615. The van der Waals surface area contributed by atoms with Gasteiger partial charge in [-0.05, 0) is 18.2 Å². The van der Waals surface area contributed by atoms with Gasteiger partial charge >= 0.3 is 0 Å². The minimum Gasteiger partial charge on any atom is -0.208 e. The zero-order valence-electron chi connectivity index (χ0n) is 7.05. The average Bonchev–Trinajstić information content (AvgIpc) is 2.10.